The first-order chi connectivity index (χ1) is 29.9. The van der Waals surface area contributed by atoms with E-state index in [0.29, 0.717) is 5.75 Å². The van der Waals surface area contributed by atoms with E-state index in [1.807, 2.05) is 24.3 Å². The fourth-order valence-corrected chi connectivity index (χ4v) is 12.4. The van der Waals surface area contributed by atoms with Crippen molar-refractivity contribution in [2.24, 2.45) is 10.8 Å². The Bertz CT molecular complexity index is 2650. The van der Waals surface area contributed by atoms with Crippen LogP contribution in [-0.4, -0.2) is 45.6 Å². The van der Waals surface area contributed by atoms with Gasteiger partial charge in [-0.3, -0.25) is 0 Å². The van der Waals surface area contributed by atoms with Crippen LogP contribution in [0.4, 0.5) is 5.69 Å². The highest BCUT2D eigenvalue weighted by Gasteiger charge is 2.55. The highest BCUT2D eigenvalue weighted by Crippen LogP contribution is 2.67. The van der Waals surface area contributed by atoms with Crippen molar-refractivity contribution in [3.8, 4) is 39.5 Å². The Morgan fingerprint density at radius 3 is 1.92 bits per heavy atom. The lowest BCUT2D eigenvalue weighted by Crippen LogP contribution is -2.44. The molecule has 1 saturated carbocycles. The molecule has 2 fully saturated rings. The van der Waals surface area contributed by atoms with Gasteiger partial charge in [0.05, 0.1) is 34.0 Å². The van der Waals surface area contributed by atoms with Gasteiger partial charge in [-0.15, -0.1) is 0 Å². The van der Waals surface area contributed by atoms with Gasteiger partial charge >= 0.3 is 0 Å². The summed E-state index contributed by atoms with van der Waals surface area (Å²) in [5, 5.41) is 13.4. The van der Waals surface area contributed by atoms with E-state index < -0.39 is 5.60 Å². The minimum Gasteiger partial charge on any atom is -0.497 e. The van der Waals surface area contributed by atoms with Crippen LogP contribution in [0.3, 0.4) is 0 Å². The molecule has 0 unspecified atom stereocenters. The fraction of sp³-hybridized carbons (Fsp3) is 0.345. The first-order valence-corrected chi connectivity index (χ1v) is 22.7. The molecule has 0 atom stereocenters. The summed E-state index contributed by atoms with van der Waals surface area (Å²) in [6, 6.07) is 36.9. The third-order valence-corrected chi connectivity index (χ3v) is 14.4. The van der Waals surface area contributed by atoms with Gasteiger partial charge in [-0.2, -0.15) is 12.6 Å². The quantitative estimate of drug-likeness (QED) is 0.149. The summed E-state index contributed by atoms with van der Waals surface area (Å²) in [4.78, 5) is 2.37. The van der Waals surface area contributed by atoms with Crippen LogP contribution >= 0.6 is 12.6 Å². The molecule has 2 heterocycles. The molecular formula is C55H57NO5S. The van der Waals surface area contributed by atoms with Crippen molar-refractivity contribution < 1.29 is 24.1 Å². The zero-order valence-corrected chi connectivity index (χ0v) is 37.7. The molecule has 62 heavy (non-hydrogen) atoms. The highest BCUT2D eigenvalue weighted by molar-refractivity contribution is 7.79. The largest absolute Gasteiger partial charge is 0.497 e. The first-order valence-electron chi connectivity index (χ1n) is 22.0. The van der Waals surface area contributed by atoms with Crippen molar-refractivity contribution in [3.63, 3.8) is 0 Å². The maximum atomic E-state index is 11.3. The number of aliphatic hydroxyl groups is 1. The number of ether oxygens (including phenoxy) is 4. The Morgan fingerprint density at radius 1 is 0.710 bits per heavy atom. The average Bonchev–Trinajstić information content (AvgIpc) is 3.55. The molecule has 6 aromatic carbocycles. The van der Waals surface area contributed by atoms with Crippen molar-refractivity contribution in [1.82, 2.24) is 0 Å². The van der Waals surface area contributed by atoms with Gasteiger partial charge in [-0.05, 0) is 135 Å². The third-order valence-electron chi connectivity index (χ3n) is 14.1. The number of benzene rings is 6. The molecule has 2 aliphatic heterocycles. The number of aliphatic hydroxyl groups excluding tert-OH is 1. The molecule has 6 aromatic rings. The van der Waals surface area contributed by atoms with Gasteiger partial charge in [-0.1, -0.05) is 88.4 Å². The second-order valence-corrected chi connectivity index (χ2v) is 19.8. The highest BCUT2D eigenvalue weighted by atomic mass is 32.1. The summed E-state index contributed by atoms with van der Waals surface area (Å²) in [7, 11) is 3.40. The summed E-state index contributed by atoms with van der Waals surface area (Å²) in [5.74, 6) is 3.09. The summed E-state index contributed by atoms with van der Waals surface area (Å²) in [6.07, 6.45) is 7.79. The van der Waals surface area contributed by atoms with Gasteiger partial charge in [0.25, 0.3) is 0 Å². The van der Waals surface area contributed by atoms with Gasteiger partial charge in [0.2, 0.25) is 0 Å². The van der Waals surface area contributed by atoms with Crippen molar-refractivity contribution in [1.29, 1.82) is 0 Å². The minimum atomic E-state index is -0.981. The summed E-state index contributed by atoms with van der Waals surface area (Å²) in [5.41, 5.74) is 12.6. The number of fused-ring (bicyclic) bond motifs is 10. The predicted molar refractivity (Wildman–Crippen MR) is 255 cm³/mol. The first kappa shape index (κ1) is 40.8. The SMILES string of the molecule is COc1ccc(C2(c3ccc(OC)cc3)C=Cc3c4c(c5cc(CO)c(-c6ccc(N7CCOCC7)cc6)cc5c3O2)-c2ccc(CS)cc2C42CC(C)(C)CC(C)(C)C2)cc1. The minimum absolute atomic E-state index is 0.0716. The molecule has 2 aliphatic carbocycles. The molecule has 318 valence electrons. The second-order valence-electron chi connectivity index (χ2n) is 19.5. The lowest BCUT2D eigenvalue weighted by Gasteiger charge is -2.52. The maximum absolute atomic E-state index is 11.3. The zero-order chi connectivity index (χ0) is 43.0. The molecule has 0 radical (unpaired) electrons. The number of anilines is 1. The Labute approximate surface area is 371 Å². The van der Waals surface area contributed by atoms with E-state index in [-0.39, 0.29) is 22.9 Å². The number of methoxy groups -OCH3 is 2. The van der Waals surface area contributed by atoms with Crippen molar-refractivity contribution in [3.05, 3.63) is 148 Å². The zero-order valence-electron chi connectivity index (χ0n) is 36.8. The van der Waals surface area contributed by atoms with Crippen LogP contribution < -0.4 is 19.1 Å². The Hall–Kier alpha value is -5.21. The molecular weight excluding hydrogens is 787 g/mol. The summed E-state index contributed by atoms with van der Waals surface area (Å²) < 4.78 is 24.8. The number of thiol groups is 1. The van der Waals surface area contributed by atoms with Gasteiger partial charge in [0.15, 0.2) is 5.60 Å². The van der Waals surface area contributed by atoms with Crippen LogP contribution in [-0.2, 0) is 28.1 Å². The van der Waals surface area contributed by atoms with E-state index in [1.54, 1.807) is 14.2 Å². The molecule has 1 N–H and O–H groups in total. The van der Waals surface area contributed by atoms with E-state index in [2.05, 4.69) is 124 Å². The van der Waals surface area contributed by atoms with Crippen molar-refractivity contribution in [2.75, 3.05) is 45.4 Å². The second kappa shape index (κ2) is 15.3. The number of rotatable bonds is 8. The topological polar surface area (TPSA) is 60.4 Å². The van der Waals surface area contributed by atoms with Crippen LogP contribution in [0.1, 0.15) is 85.9 Å². The molecule has 1 saturated heterocycles. The molecule has 0 bridgehead atoms. The average molecular weight is 844 g/mol. The fourth-order valence-electron chi connectivity index (χ4n) is 12.2. The van der Waals surface area contributed by atoms with Crippen molar-refractivity contribution >= 4 is 35.2 Å². The number of morpholine rings is 1. The molecule has 1 spiro atoms. The molecule has 4 aliphatic rings. The van der Waals surface area contributed by atoms with Crippen molar-refractivity contribution in [2.45, 2.75) is 70.3 Å². The van der Waals surface area contributed by atoms with E-state index in [1.165, 1.54) is 33.5 Å². The molecule has 6 nitrogen and oxygen atoms in total. The van der Waals surface area contributed by atoms with E-state index in [9.17, 15) is 5.11 Å². The van der Waals surface area contributed by atoms with Crippen LogP contribution in [0.15, 0.2) is 109 Å². The van der Waals surface area contributed by atoms with E-state index in [4.69, 9.17) is 31.6 Å². The van der Waals surface area contributed by atoms with Gasteiger partial charge < -0.3 is 29.0 Å². The van der Waals surface area contributed by atoms with Crippen LogP contribution in [0.5, 0.6) is 17.2 Å². The Kier molecular flexibility index (Phi) is 10.0. The normalized spacial score (nSPS) is 18.8. The van der Waals surface area contributed by atoms with Crippen LogP contribution in [0.2, 0.25) is 0 Å². The smallest absolute Gasteiger partial charge is 0.178 e. The lowest BCUT2D eigenvalue weighted by molar-refractivity contribution is 0.0641. The van der Waals surface area contributed by atoms with Crippen LogP contribution in [0, 0.1) is 10.8 Å². The van der Waals surface area contributed by atoms with Gasteiger partial charge in [0.1, 0.15) is 17.2 Å². The molecule has 0 aromatic heterocycles. The number of nitrogens with zero attached hydrogens (tertiary/aromatic N) is 1. The van der Waals surface area contributed by atoms with E-state index in [0.717, 1.165) is 107 Å². The lowest BCUT2D eigenvalue weighted by atomic mass is 9.52. The standard InChI is InChI=1S/C55H57NO5S/c1-52(2)32-53(3,4)34-54(33-52)48-27-35(31-62)7-20-43(48)49-46-28-37(30-57)45(36-8-14-40(15-9-36)56-23-25-60-26-24-56)29-47(46)51-44(50(49)54)21-22-55(61-51,38-10-16-41(58-5)17-11-38)39-12-18-42(59-6)19-13-39/h7-22,27-29,57,62H,23-26,30-34H2,1-6H3. The molecule has 10 rings (SSSR count). The Balaban J connectivity index is 1.28. The Morgan fingerprint density at radius 2 is 1.34 bits per heavy atom. The predicted octanol–water partition coefficient (Wildman–Crippen LogP) is 12.1. The monoisotopic (exact) mass is 843 g/mol. The van der Waals surface area contributed by atoms with Gasteiger partial charge in [-0.25, -0.2) is 0 Å². The van der Waals surface area contributed by atoms with Crippen LogP contribution in [0.25, 0.3) is 39.1 Å². The number of hydrogen-bond acceptors (Lipinski definition) is 7. The summed E-state index contributed by atoms with van der Waals surface area (Å²) in [6.45, 7) is 12.9. The summed E-state index contributed by atoms with van der Waals surface area (Å²) >= 11 is 4.81. The number of hydrogen-bond donors (Lipinski definition) is 2. The maximum Gasteiger partial charge on any atom is 0.178 e. The third kappa shape index (κ3) is 6.62. The van der Waals surface area contributed by atoms with Gasteiger partial charge in [0, 0.05) is 52.0 Å². The van der Waals surface area contributed by atoms with E-state index >= 15 is 0 Å². The molecule has 7 heteroatoms. The molecule has 0 amide bonds.